The highest BCUT2D eigenvalue weighted by Crippen LogP contribution is 2.25. The van der Waals surface area contributed by atoms with Gasteiger partial charge in [-0.15, -0.1) is 0 Å². The summed E-state index contributed by atoms with van der Waals surface area (Å²) < 4.78 is 5.40. The fraction of sp³-hybridized carbons (Fsp3) is 0.611. The highest BCUT2D eigenvalue weighted by atomic mass is 16.5. The van der Waals surface area contributed by atoms with Gasteiger partial charge in [-0.25, -0.2) is 4.98 Å². The van der Waals surface area contributed by atoms with Crippen LogP contribution in [0.5, 0.6) is 0 Å². The monoisotopic (exact) mass is 361 g/mol. The van der Waals surface area contributed by atoms with Crippen molar-refractivity contribution in [1.29, 1.82) is 0 Å². The van der Waals surface area contributed by atoms with Crippen molar-refractivity contribution < 1.29 is 14.6 Å². The zero-order valence-electron chi connectivity index (χ0n) is 15.1. The van der Waals surface area contributed by atoms with Crippen molar-refractivity contribution >= 4 is 17.7 Å². The maximum absolute atomic E-state index is 11.7. The minimum Gasteiger partial charge on any atom is -0.393 e. The summed E-state index contributed by atoms with van der Waals surface area (Å²) >= 11 is 0. The van der Waals surface area contributed by atoms with Crippen molar-refractivity contribution in [2.75, 3.05) is 17.7 Å². The molecule has 1 aromatic heterocycles. The molecule has 5 N–H and O–H groups in total. The number of carbonyl (C=O) groups is 1. The molecule has 0 saturated heterocycles. The summed E-state index contributed by atoms with van der Waals surface area (Å²) in [6.07, 6.45) is 9.42. The summed E-state index contributed by atoms with van der Waals surface area (Å²) in [7, 11) is 1.75. The number of ether oxygens (including phenoxy) is 1. The van der Waals surface area contributed by atoms with Gasteiger partial charge >= 0.3 is 0 Å². The van der Waals surface area contributed by atoms with Gasteiger partial charge in [-0.05, 0) is 38.5 Å². The number of nitrogens with one attached hydrogen (secondary N) is 2. The number of primary amides is 1. The minimum atomic E-state index is -0.586. The lowest BCUT2D eigenvalue weighted by molar-refractivity contribution is 0.0681. The first-order chi connectivity index (χ1) is 12.5. The molecular weight excluding hydrogens is 334 g/mol. The van der Waals surface area contributed by atoms with Crippen LogP contribution in [0.25, 0.3) is 0 Å². The Balaban J connectivity index is 1.72. The molecule has 0 unspecified atom stereocenters. The van der Waals surface area contributed by atoms with E-state index in [4.69, 9.17) is 10.5 Å². The molecule has 26 heavy (non-hydrogen) atoms. The van der Waals surface area contributed by atoms with Gasteiger partial charge < -0.3 is 26.2 Å². The van der Waals surface area contributed by atoms with Crippen molar-refractivity contribution in [2.24, 2.45) is 5.73 Å². The zero-order valence-corrected chi connectivity index (χ0v) is 15.1. The van der Waals surface area contributed by atoms with Crippen LogP contribution in [0.4, 0.5) is 11.8 Å². The maximum atomic E-state index is 11.7. The van der Waals surface area contributed by atoms with Crippen LogP contribution in [0.1, 0.15) is 55.3 Å². The van der Waals surface area contributed by atoms with E-state index in [1.54, 1.807) is 7.11 Å². The number of methoxy groups -OCH3 is 1. The highest BCUT2D eigenvalue weighted by molar-refractivity contribution is 5.97. The first-order valence-corrected chi connectivity index (χ1v) is 9.15. The molecule has 8 nitrogen and oxygen atoms in total. The fourth-order valence-electron chi connectivity index (χ4n) is 3.50. The van der Waals surface area contributed by atoms with E-state index in [0.29, 0.717) is 24.3 Å². The van der Waals surface area contributed by atoms with Crippen molar-refractivity contribution in [1.82, 2.24) is 9.97 Å². The molecule has 0 aliphatic heterocycles. The van der Waals surface area contributed by atoms with Gasteiger partial charge in [0.2, 0.25) is 5.95 Å². The number of hydrogen-bond donors (Lipinski definition) is 4. The zero-order chi connectivity index (χ0) is 18.5. The molecule has 8 heteroatoms. The third kappa shape index (κ3) is 4.70. The lowest BCUT2D eigenvalue weighted by Gasteiger charge is -2.28. The van der Waals surface area contributed by atoms with Crippen molar-refractivity contribution in [2.45, 2.75) is 63.2 Å². The van der Waals surface area contributed by atoms with Crippen molar-refractivity contribution in [3.63, 3.8) is 0 Å². The number of hydrogen-bond acceptors (Lipinski definition) is 7. The summed E-state index contributed by atoms with van der Waals surface area (Å²) in [6.45, 7) is 0. The molecule has 1 fully saturated rings. The van der Waals surface area contributed by atoms with E-state index in [2.05, 4.69) is 20.6 Å². The Bertz CT molecular complexity index is 671. The average molecular weight is 361 g/mol. The van der Waals surface area contributed by atoms with Gasteiger partial charge in [0.1, 0.15) is 11.4 Å². The van der Waals surface area contributed by atoms with E-state index < -0.39 is 5.91 Å². The Kier molecular flexibility index (Phi) is 6.05. The molecule has 2 aliphatic rings. The number of aromatic nitrogens is 2. The van der Waals surface area contributed by atoms with Crippen LogP contribution in [0.3, 0.4) is 0 Å². The summed E-state index contributed by atoms with van der Waals surface area (Å²) in [6, 6.07) is 0.282. The molecule has 0 aromatic carbocycles. The molecule has 1 aromatic rings. The van der Waals surface area contributed by atoms with E-state index in [1.165, 1.54) is 6.20 Å². The molecule has 2 aliphatic carbocycles. The molecular formula is C18H27N5O3. The quantitative estimate of drug-likeness (QED) is 0.609. The minimum absolute atomic E-state index is 0.236. The summed E-state index contributed by atoms with van der Waals surface area (Å²) in [4.78, 5) is 20.4. The Morgan fingerprint density at radius 3 is 2.73 bits per heavy atom. The van der Waals surface area contributed by atoms with Crippen LogP contribution in [0, 0.1) is 0 Å². The van der Waals surface area contributed by atoms with Gasteiger partial charge in [0.05, 0.1) is 12.2 Å². The van der Waals surface area contributed by atoms with Crippen LogP contribution in [-0.2, 0) is 4.74 Å². The maximum Gasteiger partial charge on any atom is 0.254 e. The second-order valence-corrected chi connectivity index (χ2v) is 6.96. The Labute approximate surface area is 153 Å². The Hall–Kier alpha value is -2.19. The van der Waals surface area contributed by atoms with E-state index in [1.807, 2.05) is 6.08 Å². The molecule has 142 valence electrons. The predicted octanol–water partition coefficient (Wildman–Crippen LogP) is 1.79. The smallest absolute Gasteiger partial charge is 0.254 e. The lowest BCUT2D eigenvalue weighted by Crippen LogP contribution is -2.30. The first-order valence-electron chi connectivity index (χ1n) is 9.15. The fourth-order valence-corrected chi connectivity index (χ4v) is 3.50. The molecule has 3 rings (SSSR count). The molecule has 1 atom stereocenters. The van der Waals surface area contributed by atoms with E-state index in [0.717, 1.165) is 44.2 Å². The van der Waals surface area contributed by atoms with Gasteiger partial charge in [0.15, 0.2) is 0 Å². The Morgan fingerprint density at radius 2 is 2.08 bits per heavy atom. The normalized spacial score (nSPS) is 26.1. The largest absolute Gasteiger partial charge is 0.393 e. The predicted molar refractivity (Wildman–Crippen MR) is 98.8 cm³/mol. The number of aliphatic hydroxyl groups excluding tert-OH is 1. The summed E-state index contributed by atoms with van der Waals surface area (Å²) in [5.41, 5.74) is 6.53. The molecule has 1 amide bonds. The molecule has 1 saturated carbocycles. The van der Waals surface area contributed by atoms with E-state index in [9.17, 15) is 9.90 Å². The number of rotatable bonds is 6. The third-order valence-corrected chi connectivity index (χ3v) is 5.02. The van der Waals surface area contributed by atoms with Gasteiger partial charge in [-0.2, -0.15) is 4.98 Å². The number of nitrogens with zero attached hydrogens (tertiary/aromatic N) is 2. The van der Waals surface area contributed by atoms with Crippen LogP contribution < -0.4 is 16.4 Å². The second kappa shape index (κ2) is 8.46. The number of anilines is 2. The number of amides is 1. The molecule has 0 bridgehead atoms. The third-order valence-electron chi connectivity index (χ3n) is 5.02. The van der Waals surface area contributed by atoms with Gasteiger partial charge in [-0.1, -0.05) is 6.08 Å². The van der Waals surface area contributed by atoms with Crippen LogP contribution in [-0.4, -0.2) is 46.3 Å². The van der Waals surface area contributed by atoms with E-state index >= 15 is 0 Å². The molecule has 1 heterocycles. The summed E-state index contributed by atoms with van der Waals surface area (Å²) in [5, 5.41) is 16.3. The van der Waals surface area contributed by atoms with Gasteiger partial charge in [0.25, 0.3) is 5.91 Å². The van der Waals surface area contributed by atoms with Crippen LogP contribution in [0.15, 0.2) is 18.0 Å². The Morgan fingerprint density at radius 1 is 1.31 bits per heavy atom. The van der Waals surface area contributed by atoms with Crippen LogP contribution >= 0.6 is 0 Å². The standard InChI is InChI=1S/C18H27N5O3/c1-26-14-7-5-11(6-8-14)22-18-20-10-15(16(19)25)17(23-18)21-12-3-2-4-13(24)9-12/h3,10-11,13-14,24H,2,4-9H2,1H3,(H2,19,25)(H2,20,21,22,23)/t11?,13-,14?/m0/s1. The first kappa shape index (κ1) is 18.6. The summed E-state index contributed by atoms with van der Waals surface area (Å²) in [5.74, 6) is 0.257. The molecule has 0 radical (unpaired) electrons. The average Bonchev–Trinajstić information content (AvgIpc) is 2.62. The molecule has 0 spiro atoms. The van der Waals surface area contributed by atoms with Gasteiger partial charge in [0, 0.05) is 31.5 Å². The van der Waals surface area contributed by atoms with Crippen LogP contribution in [0.2, 0.25) is 0 Å². The van der Waals surface area contributed by atoms with E-state index in [-0.39, 0.29) is 17.7 Å². The van der Waals surface area contributed by atoms with Crippen molar-refractivity contribution in [3.8, 4) is 0 Å². The van der Waals surface area contributed by atoms with Gasteiger partial charge in [-0.3, -0.25) is 4.79 Å². The SMILES string of the molecule is COC1CCC(Nc2ncc(C(N)=O)c(NC3=CCC[C@H](O)C3)n2)CC1. The lowest BCUT2D eigenvalue weighted by atomic mass is 9.93. The second-order valence-electron chi connectivity index (χ2n) is 6.96. The number of aliphatic hydroxyl groups is 1. The highest BCUT2D eigenvalue weighted by Gasteiger charge is 2.22. The topological polar surface area (TPSA) is 122 Å². The van der Waals surface area contributed by atoms with Crippen molar-refractivity contribution in [3.05, 3.63) is 23.5 Å². The number of nitrogens with two attached hydrogens (primary N) is 1. The number of carbonyl (C=O) groups excluding carboxylic acids is 1. The number of allylic oxidation sites excluding steroid dienone is 1.